The molecule has 0 saturated carbocycles. The van der Waals surface area contributed by atoms with Crippen LogP contribution in [0.3, 0.4) is 0 Å². The van der Waals surface area contributed by atoms with E-state index in [-0.39, 0.29) is 5.78 Å². The zero-order chi connectivity index (χ0) is 10.6. The number of anilines is 1. The van der Waals surface area contributed by atoms with Crippen LogP contribution in [0.1, 0.15) is 16.8 Å². The Balaban J connectivity index is 3.00. The Morgan fingerprint density at radius 3 is 2.86 bits per heavy atom. The van der Waals surface area contributed by atoms with Gasteiger partial charge < -0.3 is 10.6 Å². The van der Waals surface area contributed by atoms with Crippen LogP contribution in [0.25, 0.3) is 0 Å². The van der Waals surface area contributed by atoms with Crippen LogP contribution in [0.15, 0.2) is 18.3 Å². The molecule has 0 aliphatic carbocycles. The second-order valence-electron chi connectivity index (χ2n) is 3.23. The highest BCUT2D eigenvalue weighted by atomic mass is 16.1. The van der Waals surface area contributed by atoms with Crippen LogP contribution >= 0.6 is 0 Å². The highest BCUT2D eigenvalue weighted by molar-refractivity contribution is 6.00. The van der Waals surface area contributed by atoms with Crippen molar-refractivity contribution in [2.45, 2.75) is 6.42 Å². The number of nitrogens with zero attached hydrogens (tertiary/aromatic N) is 2. The van der Waals surface area contributed by atoms with Gasteiger partial charge in [0.15, 0.2) is 5.78 Å². The topological polar surface area (TPSA) is 59.2 Å². The normalized spacial score (nSPS) is 9.93. The number of Topliss-reactive ketones (excluding diaryl/α,β-unsaturated/α-hetero) is 1. The summed E-state index contributed by atoms with van der Waals surface area (Å²) in [5.74, 6) is 0.746. The number of nitrogens with two attached hydrogens (primary N) is 1. The maximum absolute atomic E-state index is 11.6. The minimum absolute atomic E-state index is 0.0456. The van der Waals surface area contributed by atoms with E-state index in [1.54, 1.807) is 18.3 Å². The van der Waals surface area contributed by atoms with Gasteiger partial charge in [-0.15, -0.1) is 0 Å². The highest BCUT2D eigenvalue weighted by Crippen LogP contribution is 2.15. The first-order valence-corrected chi connectivity index (χ1v) is 4.52. The summed E-state index contributed by atoms with van der Waals surface area (Å²) < 4.78 is 0. The molecule has 4 nitrogen and oxygen atoms in total. The van der Waals surface area contributed by atoms with Gasteiger partial charge in [-0.2, -0.15) is 0 Å². The van der Waals surface area contributed by atoms with Gasteiger partial charge in [0.25, 0.3) is 0 Å². The Kier molecular flexibility index (Phi) is 3.59. The van der Waals surface area contributed by atoms with E-state index < -0.39 is 0 Å². The van der Waals surface area contributed by atoms with Gasteiger partial charge in [-0.25, -0.2) is 4.98 Å². The van der Waals surface area contributed by atoms with E-state index in [1.807, 2.05) is 19.0 Å². The molecule has 1 rings (SSSR count). The molecule has 0 fully saturated rings. The Bertz CT molecular complexity index is 323. The van der Waals surface area contributed by atoms with Crippen LogP contribution in [-0.4, -0.2) is 31.4 Å². The van der Waals surface area contributed by atoms with Gasteiger partial charge >= 0.3 is 0 Å². The lowest BCUT2D eigenvalue weighted by atomic mass is 10.1. The molecular weight excluding hydrogens is 178 g/mol. The van der Waals surface area contributed by atoms with Gasteiger partial charge in [-0.05, 0) is 18.7 Å². The summed E-state index contributed by atoms with van der Waals surface area (Å²) in [6.07, 6.45) is 2.04. The van der Waals surface area contributed by atoms with E-state index >= 15 is 0 Å². The molecule has 0 spiro atoms. The number of carbonyl (C=O) groups excluding carboxylic acids is 1. The molecule has 76 valence electrons. The van der Waals surface area contributed by atoms with Crippen LogP contribution in [0.2, 0.25) is 0 Å². The SMILES string of the molecule is CN(C)c1ncccc1C(=O)CCN. The molecule has 2 N–H and O–H groups in total. The average molecular weight is 193 g/mol. The summed E-state index contributed by atoms with van der Waals surface area (Å²) in [4.78, 5) is 17.6. The lowest BCUT2D eigenvalue weighted by molar-refractivity contribution is 0.0985. The zero-order valence-corrected chi connectivity index (χ0v) is 8.53. The second kappa shape index (κ2) is 4.72. The molecule has 0 amide bonds. The van der Waals surface area contributed by atoms with Crippen molar-refractivity contribution in [2.75, 3.05) is 25.5 Å². The van der Waals surface area contributed by atoms with Crippen LogP contribution in [0.5, 0.6) is 0 Å². The standard InChI is InChI=1S/C10H15N3O/c1-13(2)10-8(4-3-7-12-10)9(14)5-6-11/h3-4,7H,5-6,11H2,1-2H3. The number of hydrogen-bond acceptors (Lipinski definition) is 4. The fourth-order valence-corrected chi connectivity index (χ4v) is 1.24. The highest BCUT2D eigenvalue weighted by Gasteiger charge is 2.12. The van der Waals surface area contributed by atoms with Crippen molar-refractivity contribution in [1.82, 2.24) is 4.98 Å². The summed E-state index contributed by atoms with van der Waals surface area (Å²) in [5.41, 5.74) is 5.98. The molecule has 14 heavy (non-hydrogen) atoms. The van der Waals surface area contributed by atoms with E-state index in [2.05, 4.69) is 4.98 Å². The summed E-state index contributed by atoms with van der Waals surface area (Å²) in [5, 5.41) is 0. The molecule has 0 bridgehead atoms. The van der Waals surface area contributed by atoms with Gasteiger partial charge in [0.1, 0.15) is 5.82 Å². The van der Waals surface area contributed by atoms with Crippen molar-refractivity contribution < 1.29 is 4.79 Å². The molecule has 1 heterocycles. The Morgan fingerprint density at radius 1 is 1.57 bits per heavy atom. The monoisotopic (exact) mass is 193 g/mol. The van der Waals surface area contributed by atoms with Crippen molar-refractivity contribution in [3.05, 3.63) is 23.9 Å². The van der Waals surface area contributed by atoms with Crippen molar-refractivity contribution in [3.63, 3.8) is 0 Å². The molecule has 0 aliphatic heterocycles. The molecule has 0 saturated heterocycles. The Morgan fingerprint density at radius 2 is 2.29 bits per heavy atom. The summed E-state index contributed by atoms with van der Waals surface area (Å²) in [6, 6.07) is 3.54. The van der Waals surface area contributed by atoms with Crippen LogP contribution < -0.4 is 10.6 Å². The predicted molar refractivity (Wildman–Crippen MR) is 56.6 cm³/mol. The van der Waals surface area contributed by atoms with Gasteiger partial charge in [-0.1, -0.05) is 0 Å². The van der Waals surface area contributed by atoms with E-state index in [0.717, 1.165) is 0 Å². The molecule has 0 unspecified atom stereocenters. The lowest BCUT2D eigenvalue weighted by Crippen LogP contribution is -2.17. The van der Waals surface area contributed by atoms with Gasteiger partial charge in [0.05, 0.1) is 5.56 Å². The van der Waals surface area contributed by atoms with Gasteiger partial charge in [0, 0.05) is 26.7 Å². The first kappa shape index (κ1) is 10.7. The van der Waals surface area contributed by atoms with Crippen LogP contribution in [0.4, 0.5) is 5.82 Å². The second-order valence-corrected chi connectivity index (χ2v) is 3.23. The molecule has 0 aromatic carbocycles. The molecule has 0 aliphatic rings. The Labute approximate surface area is 83.7 Å². The first-order valence-electron chi connectivity index (χ1n) is 4.52. The maximum atomic E-state index is 11.6. The zero-order valence-electron chi connectivity index (χ0n) is 8.53. The number of aromatic nitrogens is 1. The quantitative estimate of drug-likeness (QED) is 0.714. The Hall–Kier alpha value is -1.42. The maximum Gasteiger partial charge on any atom is 0.167 e. The fraction of sp³-hybridized carbons (Fsp3) is 0.400. The molecule has 0 radical (unpaired) electrons. The van der Waals surface area contributed by atoms with Gasteiger partial charge in [0.2, 0.25) is 0 Å². The van der Waals surface area contributed by atoms with Crippen molar-refractivity contribution in [1.29, 1.82) is 0 Å². The molecule has 1 aromatic rings. The average Bonchev–Trinajstić information content (AvgIpc) is 2.18. The third kappa shape index (κ3) is 2.29. The largest absolute Gasteiger partial charge is 0.362 e. The minimum Gasteiger partial charge on any atom is -0.362 e. The first-order chi connectivity index (χ1) is 6.66. The third-order valence-electron chi connectivity index (χ3n) is 1.88. The van der Waals surface area contributed by atoms with Crippen LogP contribution in [0, 0.1) is 0 Å². The van der Waals surface area contributed by atoms with Crippen molar-refractivity contribution in [3.8, 4) is 0 Å². The number of rotatable bonds is 4. The van der Waals surface area contributed by atoms with E-state index in [1.165, 1.54) is 0 Å². The number of carbonyl (C=O) groups is 1. The molecular formula is C10H15N3O. The van der Waals surface area contributed by atoms with E-state index in [0.29, 0.717) is 24.3 Å². The smallest absolute Gasteiger partial charge is 0.167 e. The van der Waals surface area contributed by atoms with E-state index in [4.69, 9.17) is 5.73 Å². The number of ketones is 1. The summed E-state index contributed by atoms with van der Waals surface area (Å²) >= 11 is 0. The van der Waals surface area contributed by atoms with Crippen molar-refractivity contribution >= 4 is 11.6 Å². The van der Waals surface area contributed by atoms with Crippen molar-refractivity contribution in [2.24, 2.45) is 5.73 Å². The van der Waals surface area contributed by atoms with Crippen LogP contribution in [-0.2, 0) is 0 Å². The lowest BCUT2D eigenvalue weighted by Gasteiger charge is -2.14. The third-order valence-corrected chi connectivity index (χ3v) is 1.88. The molecule has 0 atom stereocenters. The molecule has 4 heteroatoms. The minimum atomic E-state index is 0.0456. The number of hydrogen-bond donors (Lipinski definition) is 1. The van der Waals surface area contributed by atoms with E-state index in [9.17, 15) is 4.79 Å². The van der Waals surface area contributed by atoms with Gasteiger partial charge in [-0.3, -0.25) is 4.79 Å². The fourth-order valence-electron chi connectivity index (χ4n) is 1.24. The predicted octanol–water partition coefficient (Wildman–Crippen LogP) is 0.679. The summed E-state index contributed by atoms with van der Waals surface area (Å²) in [7, 11) is 3.73. The number of pyridine rings is 1. The summed E-state index contributed by atoms with van der Waals surface area (Å²) in [6.45, 7) is 0.376. The molecule has 1 aromatic heterocycles.